The number of nitrogens with one attached hydrogen (secondary N) is 2. The van der Waals surface area contributed by atoms with E-state index in [1.807, 2.05) is 13.0 Å². The van der Waals surface area contributed by atoms with Gasteiger partial charge in [0.15, 0.2) is 0 Å². The highest BCUT2D eigenvalue weighted by atomic mass is 16.5. The summed E-state index contributed by atoms with van der Waals surface area (Å²) in [6.07, 6.45) is 1.92. The second-order valence-corrected chi connectivity index (χ2v) is 4.26. The Bertz CT molecular complexity index is 360. The zero-order valence-corrected chi connectivity index (χ0v) is 11.8. The summed E-state index contributed by atoms with van der Waals surface area (Å²) >= 11 is 0. The van der Waals surface area contributed by atoms with E-state index in [4.69, 9.17) is 9.84 Å². The average molecular weight is 268 g/mol. The minimum atomic E-state index is 0.0744. The van der Waals surface area contributed by atoms with Gasteiger partial charge in [-0.2, -0.15) is 4.98 Å². The molecule has 0 spiro atoms. The zero-order valence-electron chi connectivity index (χ0n) is 11.8. The number of rotatable bonds is 10. The number of ether oxygens (including phenoxy) is 1. The SMILES string of the molecule is CCCNc1nc(C)cc(NCCCOCCO)n1. The number of hydrogen-bond acceptors (Lipinski definition) is 6. The largest absolute Gasteiger partial charge is 0.394 e. The van der Waals surface area contributed by atoms with Crippen molar-refractivity contribution in [1.82, 2.24) is 9.97 Å². The summed E-state index contributed by atoms with van der Waals surface area (Å²) < 4.78 is 5.19. The van der Waals surface area contributed by atoms with E-state index in [1.165, 1.54) is 0 Å². The van der Waals surface area contributed by atoms with Gasteiger partial charge >= 0.3 is 0 Å². The Hall–Kier alpha value is -1.40. The maximum atomic E-state index is 8.57. The summed E-state index contributed by atoms with van der Waals surface area (Å²) in [6, 6.07) is 1.92. The number of anilines is 2. The first-order valence-corrected chi connectivity index (χ1v) is 6.78. The smallest absolute Gasteiger partial charge is 0.224 e. The quantitative estimate of drug-likeness (QED) is 0.557. The fourth-order valence-corrected chi connectivity index (χ4v) is 1.53. The van der Waals surface area contributed by atoms with Crippen molar-refractivity contribution in [1.29, 1.82) is 0 Å². The van der Waals surface area contributed by atoms with Gasteiger partial charge in [0.1, 0.15) is 5.82 Å². The Balaban J connectivity index is 2.34. The Labute approximate surface area is 114 Å². The molecule has 6 heteroatoms. The van der Waals surface area contributed by atoms with Crippen LogP contribution in [-0.2, 0) is 4.74 Å². The summed E-state index contributed by atoms with van der Waals surface area (Å²) in [5.74, 6) is 1.49. The van der Waals surface area contributed by atoms with Crippen LogP contribution in [0, 0.1) is 6.92 Å². The van der Waals surface area contributed by atoms with Crippen molar-refractivity contribution in [2.75, 3.05) is 43.5 Å². The highest BCUT2D eigenvalue weighted by Gasteiger charge is 2.01. The van der Waals surface area contributed by atoms with Crippen molar-refractivity contribution in [2.24, 2.45) is 0 Å². The lowest BCUT2D eigenvalue weighted by Gasteiger charge is -2.09. The lowest BCUT2D eigenvalue weighted by molar-refractivity contribution is 0.0922. The molecule has 1 aromatic rings. The second-order valence-electron chi connectivity index (χ2n) is 4.26. The minimum absolute atomic E-state index is 0.0744. The maximum Gasteiger partial charge on any atom is 0.224 e. The molecule has 0 aromatic carbocycles. The van der Waals surface area contributed by atoms with Gasteiger partial charge in [-0.15, -0.1) is 0 Å². The maximum absolute atomic E-state index is 8.57. The molecule has 1 aromatic heterocycles. The molecule has 0 atom stereocenters. The molecule has 0 aliphatic heterocycles. The highest BCUT2D eigenvalue weighted by molar-refractivity contribution is 5.41. The fraction of sp³-hybridized carbons (Fsp3) is 0.692. The van der Waals surface area contributed by atoms with Gasteiger partial charge in [0.25, 0.3) is 0 Å². The van der Waals surface area contributed by atoms with Crippen LogP contribution in [0.4, 0.5) is 11.8 Å². The van der Waals surface area contributed by atoms with Gasteiger partial charge in [0.05, 0.1) is 13.2 Å². The number of aryl methyl sites for hydroxylation is 1. The molecule has 108 valence electrons. The van der Waals surface area contributed by atoms with Gasteiger partial charge in [0.2, 0.25) is 5.95 Å². The molecule has 1 heterocycles. The van der Waals surface area contributed by atoms with E-state index < -0.39 is 0 Å². The van der Waals surface area contributed by atoms with Gasteiger partial charge in [-0.25, -0.2) is 4.98 Å². The molecule has 0 unspecified atom stereocenters. The van der Waals surface area contributed by atoms with Crippen LogP contribution in [0.15, 0.2) is 6.07 Å². The molecule has 3 N–H and O–H groups in total. The Morgan fingerprint density at radius 2 is 2.05 bits per heavy atom. The lowest BCUT2D eigenvalue weighted by atomic mass is 10.4. The summed E-state index contributed by atoms with van der Waals surface area (Å²) in [5, 5.41) is 15.0. The Morgan fingerprint density at radius 1 is 1.21 bits per heavy atom. The molecular weight excluding hydrogens is 244 g/mol. The van der Waals surface area contributed by atoms with Crippen molar-refractivity contribution in [3.63, 3.8) is 0 Å². The predicted molar refractivity (Wildman–Crippen MR) is 76.6 cm³/mol. The number of aromatic nitrogens is 2. The van der Waals surface area contributed by atoms with E-state index in [-0.39, 0.29) is 6.61 Å². The van der Waals surface area contributed by atoms with Crippen LogP contribution < -0.4 is 10.6 Å². The van der Waals surface area contributed by atoms with Crippen molar-refractivity contribution in [2.45, 2.75) is 26.7 Å². The van der Waals surface area contributed by atoms with Gasteiger partial charge in [-0.3, -0.25) is 0 Å². The minimum Gasteiger partial charge on any atom is -0.394 e. The molecule has 0 amide bonds. The molecule has 1 rings (SSSR count). The van der Waals surface area contributed by atoms with E-state index in [1.54, 1.807) is 0 Å². The van der Waals surface area contributed by atoms with Crippen molar-refractivity contribution in [3.05, 3.63) is 11.8 Å². The highest BCUT2D eigenvalue weighted by Crippen LogP contribution is 2.09. The molecule has 0 radical (unpaired) electrons. The summed E-state index contributed by atoms with van der Waals surface area (Å²) in [5.41, 5.74) is 0.938. The summed E-state index contributed by atoms with van der Waals surface area (Å²) in [6.45, 7) is 6.83. The number of nitrogens with zero attached hydrogens (tertiary/aromatic N) is 2. The lowest BCUT2D eigenvalue weighted by Crippen LogP contribution is -2.11. The second kappa shape index (κ2) is 9.52. The van der Waals surface area contributed by atoms with Crippen LogP contribution >= 0.6 is 0 Å². The van der Waals surface area contributed by atoms with Crippen LogP contribution in [0.2, 0.25) is 0 Å². The fourth-order valence-electron chi connectivity index (χ4n) is 1.53. The topological polar surface area (TPSA) is 79.3 Å². The number of aliphatic hydroxyl groups is 1. The first-order valence-electron chi connectivity index (χ1n) is 6.78. The van der Waals surface area contributed by atoms with E-state index in [0.29, 0.717) is 19.2 Å². The Kier molecular flexibility index (Phi) is 7.84. The Morgan fingerprint density at radius 3 is 2.79 bits per heavy atom. The first kappa shape index (κ1) is 15.7. The predicted octanol–water partition coefficient (Wildman–Crippen LogP) is 1.42. The molecule has 0 bridgehead atoms. The molecule has 0 fully saturated rings. The molecular formula is C13H24N4O2. The van der Waals surface area contributed by atoms with Crippen molar-refractivity contribution < 1.29 is 9.84 Å². The van der Waals surface area contributed by atoms with E-state index in [9.17, 15) is 0 Å². The third-order valence-electron chi connectivity index (χ3n) is 2.39. The molecule has 0 saturated heterocycles. The van der Waals surface area contributed by atoms with Crippen LogP contribution in [0.1, 0.15) is 25.5 Å². The third-order valence-corrected chi connectivity index (χ3v) is 2.39. The zero-order chi connectivity index (χ0) is 13.9. The van der Waals surface area contributed by atoms with Gasteiger partial charge < -0.3 is 20.5 Å². The summed E-state index contributed by atoms with van der Waals surface area (Å²) in [7, 11) is 0. The number of aliphatic hydroxyl groups excluding tert-OH is 1. The molecule has 0 saturated carbocycles. The van der Waals surface area contributed by atoms with Crippen LogP contribution in [0.5, 0.6) is 0 Å². The molecule has 6 nitrogen and oxygen atoms in total. The van der Waals surface area contributed by atoms with Gasteiger partial charge in [-0.1, -0.05) is 6.92 Å². The normalized spacial score (nSPS) is 10.5. The third kappa shape index (κ3) is 6.93. The first-order chi connectivity index (χ1) is 9.26. The van der Waals surface area contributed by atoms with Gasteiger partial charge in [0, 0.05) is 31.5 Å². The van der Waals surface area contributed by atoms with E-state index in [2.05, 4.69) is 27.5 Å². The van der Waals surface area contributed by atoms with Crippen LogP contribution in [0.25, 0.3) is 0 Å². The van der Waals surface area contributed by atoms with E-state index >= 15 is 0 Å². The molecule has 19 heavy (non-hydrogen) atoms. The molecule has 0 aliphatic carbocycles. The monoisotopic (exact) mass is 268 g/mol. The standard InChI is InChI=1S/C13H24N4O2/c1-3-5-15-13-16-11(2)10-12(17-13)14-6-4-8-19-9-7-18/h10,18H,3-9H2,1-2H3,(H2,14,15,16,17). The van der Waals surface area contributed by atoms with Crippen molar-refractivity contribution >= 4 is 11.8 Å². The summed E-state index contributed by atoms with van der Waals surface area (Å²) in [4.78, 5) is 8.72. The average Bonchev–Trinajstić information content (AvgIpc) is 2.40. The van der Waals surface area contributed by atoms with Crippen molar-refractivity contribution in [3.8, 4) is 0 Å². The van der Waals surface area contributed by atoms with Gasteiger partial charge in [-0.05, 0) is 19.8 Å². The van der Waals surface area contributed by atoms with E-state index in [0.717, 1.165) is 37.4 Å². The van der Waals surface area contributed by atoms with Crippen LogP contribution in [0.3, 0.4) is 0 Å². The number of hydrogen-bond donors (Lipinski definition) is 3. The van der Waals surface area contributed by atoms with Crippen LogP contribution in [-0.4, -0.2) is 48.0 Å². The molecule has 0 aliphatic rings.